The number of benzene rings is 2. The topological polar surface area (TPSA) is 35.2 Å². The second-order valence-electron chi connectivity index (χ2n) is 4.85. The molecule has 2 aromatic carbocycles. The lowest BCUT2D eigenvalue weighted by Gasteiger charge is -2.12. The summed E-state index contributed by atoms with van der Waals surface area (Å²) in [5, 5.41) is 0.107. The van der Waals surface area contributed by atoms with E-state index in [0.717, 1.165) is 22.4 Å². The van der Waals surface area contributed by atoms with Crippen molar-refractivity contribution in [1.29, 1.82) is 0 Å². The van der Waals surface area contributed by atoms with Crippen LogP contribution in [0, 0.1) is 12.7 Å². The average Bonchev–Trinajstić information content (AvgIpc) is 2.41. The zero-order valence-corrected chi connectivity index (χ0v) is 12.2. The van der Waals surface area contributed by atoms with Gasteiger partial charge in [-0.25, -0.2) is 4.39 Å². The summed E-state index contributed by atoms with van der Waals surface area (Å²) >= 11 is 5.74. The molecule has 0 amide bonds. The number of aryl methyl sites for hydroxylation is 1. The Bertz CT molecular complexity index is 613. The predicted octanol–water partition coefficient (Wildman–Crippen LogP) is 4.39. The van der Waals surface area contributed by atoms with E-state index in [1.165, 1.54) is 6.07 Å². The van der Waals surface area contributed by atoms with Crippen LogP contribution in [0.4, 0.5) is 4.39 Å². The van der Waals surface area contributed by atoms with Gasteiger partial charge in [0.25, 0.3) is 0 Å². The van der Waals surface area contributed by atoms with Gasteiger partial charge in [0.05, 0.1) is 5.02 Å². The molecule has 2 nitrogen and oxygen atoms in total. The van der Waals surface area contributed by atoms with E-state index in [1.54, 1.807) is 12.1 Å². The van der Waals surface area contributed by atoms with Crippen LogP contribution < -0.4 is 10.5 Å². The molecule has 0 radical (unpaired) electrons. The van der Waals surface area contributed by atoms with Crippen LogP contribution in [0.3, 0.4) is 0 Å². The molecular weight excluding hydrogens is 277 g/mol. The van der Waals surface area contributed by atoms with E-state index in [2.05, 4.69) is 0 Å². The second kappa shape index (κ2) is 6.25. The maximum absolute atomic E-state index is 13.1. The van der Waals surface area contributed by atoms with E-state index in [4.69, 9.17) is 22.1 Å². The molecule has 1 atom stereocenters. The fourth-order valence-electron chi connectivity index (χ4n) is 1.91. The molecule has 2 aromatic rings. The van der Waals surface area contributed by atoms with Crippen molar-refractivity contribution in [2.24, 2.45) is 5.73 Å². The quantitative estimate of drug-likeness (QED) is 0.907. The minimum absolute atomic E-state index is 0.00125. The van der Waals surface area contributed by atoms with Crippen molar-refractivity contribution in [2.45, 2.75) is 26.5 Å². The number of rotatable bonds is 4. The molecule has 0 bridgehead atoms. The Hall–Kier alpha value is -1.58. The van der Waals surface area contributed by atoms with E-state index in [0.29, 0.717) is 6.61 Å². The monoisotopic (exact) mass is 293 g/mol. The van der Waals surface area contributed by atoms with Gasteiger partial charge in [0.1, 0.15) is 18.2 Å². The van der Waals surface area contributed by atoms with Crippen LogP contribution in [-0.2, 0) is 6.61 Å². The molecule has 0 saturated heterocycles. The Balaban J connectivity index is 2.09. The van der Waals surface area contributed by atoms with Crippen molar-refractivity contribution in [1.82, 2.24) is 0 Å². The first-order valence-corrected chi connectivity index (χ1v) is 6.78. The maximum atomic E-state index is 13.1. The fraction of sp³-hybridized carbons (Fsp3) is 0.250. The molecule has 0 aliphatic carbocycles. The van der Waals surface area contributed by atoms with Crippen LogP contribution in [0.5, 0.6) is 5.75 Å². The van der Waals surface area contributed by atoms with Crippen LogP contribution in [-0.4, -0.2) is 0 Å². The molecule has 0 heterocycles. The summed E-state index contributed by atoms with van der Waals surface area (Å²) in [4.78, 5) is 0. The minimum Gasteiger partial charge on any atom is -0.489 e. The summed E-state index contributed by atoms with van der Waals surface area (Å²) in [5.41, 5.74) is 8.75. The molecule has 0 saturated carbocycles. The van der Waals surface area contributed by atoms with E-state index in [1.807, 2.05) is 32.0 Å². The Morgan fingerprint density at radius 1 is 1.25 bits per heavy atom. The zero-order valence-electron chi connectivity index (χ0n) is 11.5. The first-order valence-electron chi connectivity index (χ1n) is 6.40. The van der Waals surface area contributed by atoms with Crippen LogP contribution in [0.15, 0.2) is 36.4 Å². The highest BCUT2D eigenvalue weighted by atomic mass is 35.5. The highest BCUT2D eigenvalue weighted by molar-refractivity contribution is 6.30. The van der Waals surface area contributed by atoms with Gasteiger partial charge in [0.2, 0.25) is 0 Å². The van der Waals surface area contributed by atoms with Crippen molar-refractivity contribution in [3.63, 3.8) is 0 Å². The number of ether oxygens (including phenoxy) is 1. The normalized spacial score (nSPS) is 12.2. The standard InChI is InChI=1S/C16H17ClFNO/c1-10-7-13(11(2)19)4-6-16(10)20-9-12-3-5-15(18)14(17)8-12/h3-8,11H,9,19H2,1-2H3. The van der Waals surface area contributed by atoms with Gasteiger partial charge in [-0.1, -0.05) is 29.8 Å². The molecule has 0 aliphatic heterocycles. The highest BCUT2D eigenvalue weighted by Gasteiger charge is 2.06. The summed E-state index contributed by atoms with van der Waals surface area (Å²) in [6.45, 7) is 4.26. The third-order valence-corrected chi connectivity index (χ3v) is 3.39. The molecule has 0 aliphatic rings. The molecule has 4 heteroatoms. The first-order chi connectivity index (χ1) is 9.47. The molecule has 0 fully saturated rings. The van der Waals surface area contributed by atoms with Crippen LogP contribution in [0.2, 0.25) is 5.02 Å². The highest BCUT2D eigenvalue weighted by Crippen LogP contribution is 2.23. The largest absolute Gasteiger partial charge is 0.489 e. The first kappa shape index (κ1) is 14.8. The molecular formula is C16H17ClFNO. The summed E-state index contributed by atoms with van der Waals surface area (Å²) < 4.78 is 18.8. The lowest BCUT2D eigenvalue weighted by atomic mass is 10.1. The molecule has 0 spiro atoms. The van der Waals surface area contributed by atoms with Crippen molar-refractivity contribution in [2.75, 3.05) is 0 Å². The van der Waals surface area contributed by atoms with E-state index in [9.17, 15) is 4.39 Å². The number of halogens is 2. The van der Waals surface area contributed by atoms with Gasteiger partial charge in [-0.3, -0.25) is 0 Å². The third kappa shape index (κ3) is 3.50. The number of hydrogen-bond donors (Lipinski definition) is 1. The maximum Gasteiger partial charge on any atom is 0.141 e. The molecule has 106 valence electrons. The SMILES string of the molecule is Cc1cc(C(C)N)ccc1OCc1ccc(F)c(Cl)c1. The summed E-state index contributed by atoms with van der Waals surface area (Å²) in [7, 11) is 0. The summed E-state index contributed by atoms with van der Waals surface area (Å²) in [5.74, 6) is 0.364. The number of nitrogens with two attached hydrogens (primary N) is 1. The Morgan fingerprint density at radius 2 is 2.00 bits per heavy atom. The molecule has 20 heavy (non-hydrogen) atoms. The Labute approximate surface area is 123 Å². The Morgan fingerprint density at radius 3 is 2.60 bits per heavy atom. The van der Waals surface area contributed by atoms with Gasteiger partial charge >= 0.3 is 0 Å². The molecule has 2 N–H and O–H groups in total. The van der Waals surface area contributed by atoms with Gasteiger partial charge in [0.15, 0.2) is 0 Å². The lowest BCUT2D eigenvalue weighted by molar-refractivity contribution is 0.304. The predicted molar refractivity (Wildman–Crippen MR) is 79.5 cm³/mol. The van der Waals surface area contributed by atoms with Crippen molar-refractivity contribution < 1.29 is 9.13 Å². The summed E-state index contributed by atoms with van der Waals surface area (Å²) in [6, 6.07) is 10.4. The Kier molecular flexibility index (Phi) is 4.63. The third-order valence-electron chi connectivity index (χ3n) is 3.10. The summed E-state index contributed by atoms with van der Waals surface area (Å²) in [6.07, 6.45) is 0. The minimum atomic E-state index is -0.423. The van der Waals surface area contributed by atoms with Crippen molar-refractivity contribution >= 4 is 11.6 Å². The van der Waals surface area contributed by atoms with Crippen LogP contribution in [0.1, 0.15) is 29.7 Å². The van der Waals surface area contributed by atoms with Gasteiger partial charge in [-0.2, -0.15) is 0 Å². The van der Waals surface area contributed by atoms with Gasteiger partial charge in [0, 0.05) is 6.04 Å². The van der Waals surface area contributed by atoms with Gasteiger partial charge in [-0.05, 0) is 48.7 Å². The molecule has 1 unspecified atom stereocenters. The van der Waals surface area contributed by atoms with Crippen LogP contribution >= 0.6 is 11.6 Å². The zero-order chi connectivity index (χ0) is 14.7. The molecule has 0 aromatic heterocycles. The lowest BCUT2D eigenvalue weighted by Crippen LogP contribution is -2.05. The molecule has 2 rings (SSSR count). The van der Waals surface area contributed by atoms with Crippen molar-refractivity contribution in [3.05, 3.63) is 63.9 Å². The average molecular weight is 294 g/mol. The van der Waals surface area contributed by atoms with Crippen molar-refractivity contribution in [3.8, 4) is 5.75 Å². The second-order valence-corrected chi connectivity index (χ2v) is 5.26. The van der Waals surface area contributed by atoms with E-state index in [-0.39, 0.29) is 11.1 Å². The van der Waals surface area contributed by atoms with E-state index >= 15 is 0 Å². The van der Waals surface area contributed by atoms with Gasteiger partial charge in [-0.15, -0.1) is 0 Å². The van der Waals surface area contributed by atoms with E-state index < -0.39 is 5.82 Å². The van der Waals surface area contributed by atoms with Gasteiger partial charge < -0.3 is 10.5 Å². The van der Waals surface area contributed by atoms with Crippen LogP contribution in [0.25, 0.3) is 0 Å². The smallest absolute Gasteiger partial charge is 0.141 e. The fourth-order valence-corrected chi connectivity index (χ4v) is 2.11. The number of hydrogen-bond acceptors (Lipinski definition) is 2.